The number of nitrogens with zero attached hydrogens (tertiary/aromatic N) is 2. The molecule has 0 aliphatic carbocycles. The number of urea groups is 1. The van der Waals surface area contributed by atoms with Crippen molar-refractivity contribution in [2.24, 2.45) is 0 Å². The molecule has 1 saturated heterocycles. The summed E-state index contributed by atoms with van der Waals surface area (Å²) in [4.78, 5) is 10.8. The van der Waals surface area contributed by atoms with Gasteiger partial charge in [0.1, 0.15) is 0 Å². The number of likely N-dealkylation sites (N-methyl/N-ethyl adjacent to an activating group) is 2. The molecule has 1 aliphatic heterocycles. The van der Waals surface area contributed by atoms with E-state index in [4.69, 9.17) is 0 Å². The van der Waals surface area contributed by atoms with Gasteiger partial charge in [-0.25, -0.2) is 14.8 Å². The van der Waals surface area contributed by atoms with Crippen LogP contribution in [0, 0.1) is 0 Å². The second-order valence-electron chi connectivity index (χ2n) is 2.40. The Hall–Kier alpha value is -0.810. The molecular weight excluding hydrogens is 132 g/mol. The van der Waals surface area contributed by atoms with Crippen molar-refractivity contribution in [3.63, 3.8) is 0 Å². The molecule has 58 valence electrons. The summed E-state index contributed by atoms with van der Waals surface area (Å²) in [5, 5.41) is 3.50. The van der Waals surface area contributed by atoms with Crippen LogP contribution in [-0.4, -0.2) is 43.2 Å². The predicted molar refractivity (Wildman–Crippen MR) is 36.9 cm³/mol. The van der Waals surface area contributed by atoms with Crippen molar-refractivity contribution in [1.29, 1.82) is 0 Å². The van der Waals surface area contributed by atoms with Crippen molar-refractivity contribution >= 4 is 6.03 Å². The third-order valence-corrected chi connectivity index (χ3v) is 1.36. The number of carbonyl (C=O) groups excluding carboxylic acids is 1. The standard InChI is InChI=1S/C5H12N4O/c1-8-3-4-9(2)7-5(10)6-8/h3-4H2,1-2H3,(H2,6,7,10). The van der Waals surface area contributed by atoms with Crippen molar-refractivity contribution < 1.29 is 4.79 Å². The van der Waals surface area contributed by atoms with Gasteiger partial charge >= 0.3 is 6.03 Å². The first kappa shape index (κ1) is 7.30. The van der Waals surface area contributed by atoms with E-state index >= 15 is 0 Å². The first-order chi connectivity index (χ1) is 4.68. The van der Waals surface area contributed by atoms with E-state index in [1.165, 1.54) is 0 Å². The molecule has 1 aliphatic rings. The van der Waals surface area contributed by atoms with Crippen LogP contribution < -0.4 is 10.9 Å². The highest BCUT2D eigenvalue weighted by atomic mass is 16.2. The topological polar surface area (TPSA) is 47.6 Å². The quantitative estimate of drug-likeness (QED) is 0.458. The number of nitrogens with one attached hydrogen (secondary N) is 2. The summed E-state index contributed by atoms with van der Waals surface area (Å²) >= 11 is 0. The molecule has 0 spiro atoms. The molecule has 2 N–H and O–H groups in total. The van der Waals surface area contributed by atoms with Crippen LogP contribution >= 0.6 is 0 Å². The number of hydrogen-bond acceptors (Lipinski definition) is 3. The number of amides is 2. The molecule has 1 heterocycles. The molecule has 0 atom stereocenters. The zero-order valence-corrected chi connectivity index (χ0v) is 6.22. The Morgan fingerprint density at radius 2 is 1.60 bits per heavy atom. The average Bonchev–Trinajstić information content (AvgIpc) is 1.93. The second kappa shape index (κ2) is 2.85. The van der Waals surface area contributed by atoms with Gasteiger partial charge in [-0.2, -0.15) is 0 Å². The fourth-order valence-corrected chi connectivity index (χ4v) is 0.784. The Bertz CT molecular complexity index is 124. The third kappa shape index (κ3) is 1.85. The van der Waals surface area contributed by atoms with E-state index in [1.807, 2.05) is 14.1 Å². The lowest BCUT2D eigenvalue weighted by Crippen LogP contribution is -2.44. The smallest absolute Gasteiger partial charge is 0.270 e. The zero-order chi connectivity index (χ0) is 7.56. The number of hydrazine groups is 2. The summed E-state index contributed by atoms with van der Waals surface area (Å²) in [7, 11) is 3.66. The summed E-state index contributed by atoms with van der Waals surface area (Å²) in [6.07, 6.45) is 0. The van der Waals surface area contributed by atoms with Gasteiger partial charge in [-0.1, -0.05) is 0 Å². The summed E-state index contributed by atoms with van der Waals surface area (Å²) in [5.41, 5.74) is 5.23. The van der Waals surface area contributed by atoms with Crippen LogP contribution in [0.1, 0.15) is 0 Å². The van der Waals surface area contributed by atoms with Crippen LogP contribution in [0.25, 0.3) is 0 Å². The van der Waals surface area contributed by atoms with Crippen molar-refractivity contribution in [2.45, 2.75) is 0 Å². The lowest BCUT2D eigenvalue weighted by atomic mass is 10.6. The average molecular weight is 144 g/mol. The first-order valence-corrected chi connectivity index (χ1v) is 3.18. The normalized spacial score (nSPS) is 23.2. The van der Waals surface area contributed by atoms with Crippen molar-refractivity contribution in [3.8, 4) is 0 Å². The monoisotopic (exact) mass is 144 g/mol. The summed E-state index contributed by atoms with van der Waals surface area (Å²) in [6.45, 7) is 1.66. The second-order valence-corrected chi connectivity index (χ2v) is 2.40. The fraction of sp³-hybridized carbons (Fsp3) is 0.800. The van der Waals surface area contributed by atoms with Crippen molar-refractivity contribution in [3.05, 3.63) is 0 Å². The first-order valence-electron chi connectivity index (χ1n) is 3.18. The highest BCUT2D eigenvalue weighted by Crippen LogP contribution is 1.85. The van der Waals surface area contributed by atoms with E-state index in [-0.39, 0.29) is 6.03 Å². The molecular formula is C5H12N4O. The molecule has 0 bridgehead atoms. The van der Waals surface area contributed by atoms with Crippen LogP contribution in [0.3, 0.4) is 0 Å². The summed E-state index contributed by atoms with van der Waals surface area (Å²) in [5.74, 6) is 0. The van der Waals surface area contributed by atoms with Crippen molar-refractivity contribution in [1.82, 2.24) is 20.9 Å². The Morgan fingerprint density at radius 1 is 1.20 bits per heavy atom. The molecule has 5 heteroatoms. The Morgan fingerprint density at radius 3 is 2.00 bits per heavy atom. The molecule has 5 nitrogen and oxygen atoms in total. The van der Waals surface area contributed by atoms with Gasteiger partial charge in [0.2, 0.25) is 0 Å². The highest BCUT2D eigenvalue weighted by Gasteiger charge is 2.11. The van der Waals surface area contributed by atoms with Gasteiger partial charge in [-0.05, 0) is 0 Å². The van der Waals surface area contributed by atoms with Gasteiger partial charge < -0.3 is 0 Å². The maximum atomic E-state index is 10.8. The molecule has 1 fully saturated rings. The van der Waals surface area contributed by atoms with E-state index in [1.54, 1.807) is 10.0 Å². The summed E-state index contributed by atoms with van der Waals surface area (Å²) < 4.78 is 0. The van der Waals surface area contributed by atoms with Gasteiger partial charge in [-0.15, -0.1) is 0 Å². The minimum Gasteiger partial charge on any atom is -0.270 e. The van der Waals surface area contributed by atoms with Gasteiger partial charge in [0.15, 0.2) is 0 Å². The lowest BCUT2D eigenvalue weighted by molar-refractivity contribution is 0.202. The van der Waals surface area contributed by atoms with Gasteiger partial charge in [0, 0.05) is 27.2 Å². The minimum atomic E-state index is -0.178. The Balaban J connectivity index is 2.46. The van der Waals surface area contributed by atoms with E-state index in [9.17, 15) is 4.79 Å². The molecule has 2 amide bonds. The number of carbonyl (C=O) groups is 1. The van der Waals surface area contributed by atoms with Crippen molar-refractivity contribution in [2.75, 3.05) is 27.2 Å². The maximum absolute atomic E-state index is 10.8. The third-order valence-electron chi connectivity index (χ3n) is 1.36. The molecule has 0 aromatic carbocycles. The molecule has 0 saturated carbocycles. The highest BCUT2D eigenvalue weighted by molar-refractivity contribution is 5.72. The van der Waals surface area contributed by atoms with E-state index < -0.39 is 0 Å². The Kier molecular flexibility index (Phi) is 2.08. The maximum Gasteiger partial charge on any atom is 0.343 e. The molecule has 0 aromatic rings. The van der Waals surface area contributed by atoms with E-state index in [0.717, 1.165) is 13.1 Å². The van der Waals surface area contributed by atoms with E-state index in [0.29, 0.717) is 0 Å². The lowest BCUT2D eigenvalue weighted by Gasteiger charge is -2.11. The molecule has 0 unspecified atom stereocenters. The summed E-state index contributed by atoms with van der Waals surface area (Å²) in [6, 6.07) is -0.178. The number of hydrogen-bond donors (Lipinski definition) is 2. The number of rotatable bonds is 0. The Labute approximate surface area is 59.9 Å². The molecule has 0 radical (unpaired) electrons. The van der Waals surface area contributed by atoms with Crippen LogP contribution in [0.15, 0.2) is 0 Å². The molecule has 1 rings (SSSR count). The fourth-order valence-electron chi connectivity index (χ4n) is 0.784. The molecule has 10 heavy (non-hydrogen) atoms. The van der Waals surface area contributed by atoms with Gasteiger partial charge in [0.05, 0.1) is 0 Å². The predicted octanol–water partition coefficient (Wildman–Crippen LogP) is -1.01. The van der Waals surface area contributed by atoms with Gasteiger partial charge in [0.25, 0.3) is 0 Å². The largest absolute Gasteiger partial charge is 0.343 e. The van der Waals surface area contributed by atoms with E-state index in [2.05, 4.69) is 10.9 Å². The van der Waals surface area contributed by atoms with Crippen LogP contribution in [0.5, 0.6) is 0 Å². The zero-order valence-electron chi connectivity index (χ0n) is 6.22. The molecule has 0 aromatic heterocycles. The van der Waals surface area contributed by atoms with Crippen LogP contribution in [0.4, 0.5) is 4.79 Å². The SMILES string of the molecule is CN1CCN(C)NC(=O)N1. The van der Waals surface area contributed by atoms with Gasteiger partial charge in [-0.3, -0.25) is 10.9 Å². The van der Waals surface area contributed by atoms with Crippen LogP contribution in [-0.2, 0) is 0 Å². The van der Waals surface area contributed by atoms with Crippen LogP contribution in [0.2, 0.25) is 0 Å². The minimum absolute atomic E-state index is 0.178.